The monoisotopic (exact) mass is 390 g/mol. The predicted octanol–water partition coefficient (Wildman–Crippen LogP) is 3.52. The molecule has 1 atom stereocenters. The smallest absolute Gasteiger partial charge is 0.289 e. The van der Waals surface area contributed by atoms with Crippen molar-refractivity contribution in [1.29, 1.82) is 0 Å². The lowest BCUT2D eigenvalue weighted by molar-refractivity contribution is 0.0929. The highest BCUT2D eigenvalue weighted by Crippen LogP contribution is 2.29. The van der Waals surface area contributed by atoms with Crippen LogP contribution in [0.1, 0.15) is 59.8 Å². The van der Waals surface area contributed by atoms with Crippen molar-refractivity contribution < 1.29 is 4.79 Å². The molecule has 1 N–H and O–H groups in total. The predicted molar refractivity (Wildman–Crippen MR) is 113 cm³/mol. The van der Waals surface area contributed by atoms with Crippen LogP contribution in [0, 0.1) is 13.8 Å². The van der Waals surface area contributed by atoms with Crippen LogP contribution in [0.2, 0.25) is 0 Å². The van der Waals surface area contributed by atoms with Crippen molar-refractivity contribution in [1.82, 2.24) is 25.3 Å². The molecule has 0 unspecified atom stereocenters. The normalized spacial score (nSPS) is 15.3. The van der Waals surface area contributed by atoms with Crippen LogP contribution >= 0.6 is 0 Å². The highest BCUT2D eigenvalue weighted by molar-refractivity contribution is 5.97. The number of fused-ring (bicyclic) bond motifs is 1. The van der Waals surface area contributed by atoms with Crippen LogP contribution in [0.3, 0.4) is 0 Å². The van der Waals surface area contributed by atoms with Crippen LogP contribution in [-0.2, 0) is 0 Å². The minimum Gasteiger partial charge on any atom is -0.356 e. The average molecular weight is 390 g/mol. The first-order chi connectivity index (χ1) is 14.0. The first kappa shape index (κ1) is 19.2. The minimum absolute atomic E-state index is 0.151. The zero-order chi connectivity index (χ0) is 20.4. The summed E-state index contributed by atoms with van der Waals surface area (Å²) in [6, 6.07) is 7.45. The maximum absolute atomic E-state index is 13.0. The van der Waals surface area contributed by atoms with Crippen LogP contribution in [-0.4, -0.2) is 38.9 Å². The summed E-state index contributed by atoms with van der Waals surface area (Å²) in [4.78, 5) is 33.4. The number of hydrogen-bond acceptors (Lipinski definition) is 6. The molecule has 3 aromatic rings. The highest BCUT2D eigenvalue weighted by atomic mass is 16.2. The van der Waals surface area contributed by atoms with Gasteiger partial charge in [0, 0.05) is 25.0 Å². The Bertz CT molecular complexity index is 1030. The van der Waals surface area contributed by atoms with Crippen LogP contribution in [0.25, 0.3) is 11.0 Å². The van der Waals surface area contributed by atoms with Crippen LogP contribution in [0.4, 0.5) is 5.82 Å². The van der Waals surface area contributed by atoms with Gasteiger partial charge in [0.25, 0.3) is 5.91 Å². The van der Waals surface area contributed by atoms with Gasteiger partial charge in [-0.15, -0.1) is 0 Å². The van der Waals surface area contributed by atoms with E-state index >= 15 is 0 Å². The summed E-state index contributed by atoms with van der Waals surface area (Å²) < 4.78 is 0. The number of carbonyl (C=O) groups excluding carboxylic acids is 1. The molecule has 7 heteroatoms. The van der Waals surface area contributed by atoms with Crippen LogP contribution in [0.15, 0.2) is 30.5 Å². The number of piperidine rings is 1. The topological polar surface area (TPSA) is 83.9 Å². The molecule has 0 aliphatic carbocycles. The molecule has 4 heterocycles. The number of amides is 1. The molecule has 0 spiro atoms. The molecule has 3 aromatic heterocycles. The van der Waals surface area contributed by atoms with Crippen LogP contribution in [0.5, 0.6) is 0 Å². The summed E-state index contributed by atoms with van der Waals surface area (Å²) in [5.41, 5.74) is 3.34. The summed E-state index contributed by atoms with van der Waals surface area (Å²) in [5.74, 6) is 0.651. The molecule has 1 aliphatic heterocycles. The zero-order valence-corrected chi connectivity index (χ0v) is 17.1. The van der Waals surface area contributed by atoms with E-state index in [1.54, 1.807) is 6.20 Å². The standard InChI is InChI=1S/C22H26N6O/c1-14-13-15(2)24-19-18(14)21(28-11-7-4-8-12-28)27-20(26-19)22(29)25-16(3)17-9-5-6-10-23-17/h5-6,9-10,13,16H,4,7-8,11-12H2,1-3H3,(H,25,29)/t16-/m0/s1. The maximum atomic E-state index is 13.0. The van der Waals surface area contributed by atoms with Gasteiger partial charge in [-0.2, -0.15) is 0 Å². The molecule has 1 saturated heterocycles. The fraction of sp³-hybridized carbons (Fsp3) is 0.409. The molecule has 29 heavy (non-hydrogen) atoms. The van der Waals surface area contributed by atoms with Gasteiger partial charge in [-0.3, -0.25) is 9.78 Å². The van der Waals surface area contributed by atoms with Crippen molar-refractivity contribution >= 4 is 22.8 Å². The number of nitrogens with zero attached hydrogens (tertiary/aromatic N) is 5. The number of pyridine rings is 2. The highest BCUT2D eigenvalue weighted by Gasteiger charge is 2.23. The van der Waals surface area contributed by atoms with E-state index in [9.17, 15) is 4.79 Å². The van der Waals surface area contributed by atoms with E-state index in [1.807, 2.05) is 38.1 Å². The third-order valence-electron chi connectivity index (χ3n) is 5.31. The Morgan fingerprint density at radius 2 is 1.90 bits per heavy atom. The van der Waals surface area contributed by atoms with Gasteiger partial charge in [0.15, 0.2) is 5.65 Å². The summed E-state index contributed by atoms with van der Waals surface area (Å²) in [7, 11) is 0. The number of aromatic nitrogens is 4. The third-order valence-corrected chi connectivity index (χ3v) is 5.31. The Kier molecular flexibility index (Phi) is 5.38. The second kappa shape index (κ2) is 8.11. The van der Waals surface area contributed by atoms with Crippen molar-refractivity contribution in [3.63, 3.8) is 0 Å². The number of hydrogen-bond donors (Lipinski definition) is 1. The average Bonchev–Trinajstić information content (AvgIpc) is 2.73. The fourth-order valence-electron chi connectivity index (χ4n) is 3.86. The summed E-state index contributed by atoms with van der Waals surface area (Å²) in [6.45, 7) is 7.77. The zero-order valence-electron chi connectivity index (χ0n) is 17.1. The molecule has 150 valence electrons. The molecule has 1 fully saturated rings. The largest absolute Gasteiger partial charge is 0.356 e. The molecular weight excluding hydrogens is 364 g/mol. The summed E-state index contributed by atoms with van der Waals surface area (Å²) in [5, 5.41) is 3.90. The van der Waals surface area contributed by atoms with Gasteiger partial charge in [0.05, 0.1) is 17.1 Å². The summed E-state index contributed by atoms with van der Waals surface area (Å²) in [6.07, 6.45) is 5.20. The van der Waals surface area contributed by atoms with Gasteiger partial charge in [0.2, 0.25) is 5.82 Å². The molecule has 1 aliphatic rings. The third kappa shape index (κ3) is 4.04. The quantitative estimate of drug-likeness (QED) is 0.734. The number of nitrogens with one attached hydrogen (secondary N) is 1. The number of anilines is 1. The fourth-order valence-corrected chi connectivity index (χ4v) is 3.86. The molecular formula is C22H26N6O. The van der Waals surface area contributed by atoms with E-state index in [4.69, 9.17) is 4.98 Å². The van der Waals surface area contributed by atoms with E-state index in [0.29, 0.717) is 5.65 Å². The number of carbonyl (C=O) groups is 1. The second-order valence-corrected chi connectivity index (χ2v) is 7.65. The van der Waals surface area contributed by atoms with Crippen molar-refractivity contribution in [3.05, 3.63) is 53.2 Å². The van der Waals surface area contributed by atoms with Crippen LogP contribution < -0.4 is 10.2 Å². The number of rotatable bonds is 4. The van der Waals surface area contributed by atoms with E-state index in [2.05, 4.69) is 32.1 Å². The first-order valence-electron chi connectivity index (χ1n) is 10.2. The molecule has 0 aromatic carbocycles. The van der Waals surface area contributed by atoms with Crippen molar-refractivity contribution in [3.8, 4) is 0 Å². The first-order valence-corrected chi connectivity index (χ1v) is 10.2. The van der Waals surface area contributed by atoms with E-state index in [-0.39, 0.29) is 17.8 Å². The van der Waals surface area contributed by atoms with E-state index < -0.39 is 0 Å². The number of aryl methyl sites for hydroxylation is 2. The lowest BCUT2D eigenvalue weighted by atomic mass is 10.1. The lowest BCUT2D eigenvalue weighted by Crippen LogP contribution is -2.33. The summed E-state index contributed by atoms with van der Waals surface area (Å²) >= 11 is 0. The Morgan fingerprint density at radius 3 is 2.62 bits per heavy atom. The molecule has 0 bridgehead atoms. The Hall–Kier alpha value is -3.09. The van der Waals surface area contributed by atoms with Gasteiger partial charge < -0.3 is 10.2 Å². The Labute approximate surface area is 170 Å². The molecule has 7 nitrogen and oxygen atoms in total. The molecule has 0 saturated carbocycles. The molecule has 1 amide bonds. The van der Waals surface area contributed by atoms with Gasteiger partial charge in [-0.1, -0.05) is 6.07 Å². The molecule has 0 radical (unpaired) electrons. The van der Waals surface area contributed by atoms with Gasteiger partial charge in [-0.05, 0) is 63.8 Å². The Balaban J connectivity index is 1.73. The van der Waals surface area contributed by atoms with Crippen molar-refractivity contribution in [2.75, 3.05) is 18.0 Å². The van der Waals surface area contributed by atoms with Crippen molar-refractivity contribution in [2.24, 2.45) is 0 Å². The van der Waals surface area contributed by atoms with Gasteiger partial charge >= 0.3 is 0 Å². The maximum Gasteiger partial charge on any atom is 0.289 e. The molecule has 4 rings (SSSR count). The Morgan fingerprint density at radius 1 is 1.10 bits per heavy atom. The minimum atomic E-state index is -0.315. The second-order valence-electron chi connectivity index (χ2n) is 7.65. The van der Waals surface area contributed by atoms with E-state index in [1.165, 1.54) is 6.42 Å². The van der Waals surface area contributed by atoms with Gasteiger partial charge in [-0.25, -0.2) is 15.0 Å². The van der Waals surface area contributed by atoms with Gasteiger partial charge in [0.1, 0.15) is 5.82 Å². The SMILES string of the molecule is Cc1cc(C)c2c(N3CCCCC3)nc(C(=O)N[C@@H](C)c3ccccn3)nc2n1. The van der Waals surface area contributed by atoms with Crippen molar-refractivity contribution in [2.45, 2.75) is 46.1 Å². The lowest BCUT2D eigenvalue weighted by Gasteiger charge is -2.29. The van der Waals surface area contributed by atoms with E-state index in [0.717, 1.165) is 54.1 Å².